The molecule has 0 saturated heterocycles. The fourth-order valence-electron chi connectivity index (χ4n) is 2.52. The number of para-hydroxylation sites is 1. The molecule has 0 aliphatic heterocycles. The van der Waals surface area contributed by atoms with Crippen LogP contribution in [0.4, 0.5) is 10.1 Å². The number of halogens is 2. The van der Waals surface area contributed by atoms with Gasteiger partial charge in [0.15, 0.2) is 0 Å². The van der Waals surface area contributed by atoms with E-state index in [0.29, 0.717) is 15.7 Å². The topological polar surface area (TPSA) is 75.3 Å². The van der Waals surface area contributed by atoms with Crippen LogP contribution in [-0.2, 0) is 16.6 Å². The predicted molar refractivity (Wildman–Crippen MR) is 109 cm³/mol. The molecule has 28 heavy (non-hydrogen) atoms. The van der Waals surface area contributed by atoms with Gasteiger partial charge in [0.25, 0.3) is 15.9 Å². The molecule has 0 bridgehead atoms. The molecule has 0 spiro atoms. The quantitative estimate of drug-likeness (QED) is 0.572. The van der Waals surface area contributed by atoms with Gasteiger partial charge in [-0.1, -0.05) is 52.3 Å². The average molecular weight is 463 g/mol. The van der Waals surface area contributed by atoms with E-state index in [9.17, 15) is 17.6 Å². The largest absolute Gasteiger partial charge is 0.348 e. The minimum Gasteiger partial charge on any atom is -0.348 e. The zero-order chi connectivity index (χ0) is 20.1. The number of carbonyl (C=O) groups excluding carboxylic acids is 1. The van der Waals surface area contributed by atoms with Gasteiger partial charge in [0.2, 0.25) is 0 Å². The fourth-order valence-corrected chi connectivity index (χ4v) is 3.98. The summed E-state index contributed by atoms with van der Waals surface area (Å²) in [5.74, 6) is -1.24. The van der Waals surface area contributed by atoms with Crippen LogP contribution < -0.4 is 10.0 Å². The summed E-state index contributed by atoms with van der Waals surface area (Å²) in [5.41, 5.74) is 0.793. The Morgan fingerprint density at radius 2 is 1.64 bits per heavy atom. The van der Waals surface area contributed by atoms with Gasteiger partial charge in [0.05, 0.1) is 16.1 Å². The first-order valence-corrected chi connectivity index (χ1v) is 10.5. The number of nitrogens with one attached hydrogen (secondary N) is 2. The molecule has 0 aromatic heterocycles. The highest BCUT2D eigenvalue weighted by Gasteiger charge is 2.16. The van der Waals surface area contributed by atoms with Gasteiger partial charge in [0, 0.05) is 11.0 Å². The van der Waals surface area contributed by atoms with E-state index < -0.39 is 21.7 Å². The number of rotatable bonds is 6. The minimum atomic E-state index is -3.77. The second-order valence-corrected chi connectivity index (χ2v) is 8.48. The molecule has 0 saturated carbocycles. The molecule has 3 aromatic rings. The van der Waals surface area contributed by atoms with Crippen LogP contribution in [0.15, 0.2) is 82.2 Å². The van der Waals surface area contributed by atoms with E-state index >= 15 is 0 Å². The summed E-state index contributed by atoms with van der Waals surface area (Å²) in [5, 5.41) is 2.61. The first-order valence-electron chi connectivity index (χ1n) is 8.26. The van der Waals surface area contributed by atoms with Crippen molar-refractivity contribution in [1.29, 1.82) is 0 Å². The van der Waals surface area contributed by atoms with Gasteiger partial charge in [-0.2, -0.15) is 0 Å². The summed E-state index contributed by atoms with van der Waals surface area (Å²) >= 11 is 3.14. The van der Waals surface area contributed by atoms with E-state index in [1.54, 1.807) is 48.5 Å². The summed E-state index contributed by atoms with van der Waals surface area (Å²) in [7, 11) is -3.77. The van der Waals surface area contributed by atoms with Gasteiger partial charge in [-0.15, -0.1) is 0 Å². The third kappa shape index (κ3) is 4.76. The van der Waals surface area contributed by atoms with Gasteiger partial charge in [-0.3, -0.25) is 9.52 Å². The van der Waals surface area contributed by atoms with Crippen molar-refractivity contribution in [3.05, 3.63) is 94.2 Å². The second kappa shape index (κ2) is 8.53. The molecule has 0 fully saturated rings. The molecule has 3 rings (SSSR count). The number of sulfonamides is 1. The van der Waals surface area contributed by atoms with E-state index in [4.69, 9.17) is 0 Å². The van der Waals surface area contributed by atoms with Gasteiger partial charge in [-0.25, -0.2) is 12.8 Å². The molecule has 0 heterocycles. The lowest BCUT2D eigenvalue weighted by atomic mass is 10.1. The minimum absolute atomic E-state index is 0.0296. The Bertz CT molecular complexity index is 1110. The predicted octanol–water partition coefficient (Wildman–Crippen LogP) is 4.32. The number of benzene rings is 3. The Hall–Kier alpha value is -2.71. The zero-order valence-electron chi connectivity index (χ0n) is 14.5. The molecule has 5 nitrogen and oxygen atoms in total. The van der Waals surface area contributed by atoms with E-state index in [2.05, 4.69) is 26.0 Å². The first-order chi connectivity index (χ1) is 13.4. The zero-order valence-corrected chi connectivity index (χ0v) is 16.9. The highest BCUT2D eigenvalue weighted by atomic mass is 79.9. The Kier molecular flexibility index (Phi) is 6.11. The first kappa shape index (κ1) is 20.0. The van der Waals surface area contributed by atoms with Gasteiger partial charge in [-0.05, 0) is 42.0 Å². The molecule has 0 aliphatic rings. The third-order valence-corrected chi connectivity index (χ3v) is 5.81. The number of hydrogen-bond donors (Lipinski definition) is 2. The van der Waals surface area contributed by atoms with Crippen molar-refractivity contribution in [2.24, 2.45) is 0 Å². The van der Waals surface area contributed by atoms with Crippen molar-refractivity contribution >= 4 is 37.5 Å². The van der Waals surface area contributed by atoms with Crippen molar-refractivity contribution in [2.75, 3.05) is 4.72 Å². The Morgan fingerprint density at radius 3 is 2.36 bits per heavy atom. The summed E-state index contributed by atoms with van der Waals surface area (Å²) in [6.45, 7) is 0.0296. The molecule has 0 radical (unpaired) electrons. The summed E-state index contributed by atoms with van der Waals surface area (Å²) in [6, 6.07) is 18.8. The lowest BCUT2D eigenvalue weighted by Crippen LogP contribution is -2.24. The number of anilines is 1. The molecular formula is C20H16BrFN2O3S. The van der Waals surface area contributed by atoms with Crippen LogP contribution in [0.3, 0.4) is 0 Å². The van der Waals surface area contributed by atoms with Crippen molar-refractivity contribution in [2.45, 2.75) is 11.4 Å². The maximum absolute atomic E-state index is 13.9. The number of hydrogen-bond acceptors (Lipinski definition) is 3. The van der Waals surface area contributed by atoms with Gasteiger partial charge in [0.1, 0.15) is 5.82 Å². The molecule has 0 unspecified atom stereocenters. The van der Waals surface area contributed by atoms with Crippen LogP contribution in [0.1, 0.15) is 15.9 Å². The van der Waals surface area contributed by atoms with Gasteiger partial charge >= 0.3 is 0 Å². The molecule has 3 aromatic carbocycles. The average Bonchev–Trinajstić information content (AvgIpc) is 2.67. The van der Waals surface area contributed by atoms with Crippen LogP contribution in [0, 0.1) is 5.82 Å². The normalized spacial score (nSPS) is 11.1. The van der Waals surface area contributed by atoms with Crippen LogP contribution in [0.2, 0.25) is 0 Å². The van der Waals surface area contributed by atoms with Crippen LogP contribution in [0.5, 0.6) is 0 Å². The monoisotopic (exact) mass is 462 g/mol. The van der Waals surface area contributed by atoms with Gasteiger partial charge < -0.3 is 5.32 Å². The smallest absolute Gasteiger partial charge is 0.261 e. The SMILES string of the molecule is O=C(NCc1ccccc1NS(=O)(=O)c1ccccc1)c1ccc(Br)cc1F. The highest BCUT2D eigenvalue weighted by molar-refractivity contribution is 9.10. The summed E-state index contributed by atoms with van der Waals surface area (Å²) in [4.78, 5) is 12.4. The van der Waals surface area contributed by atoms with Crippen LogP contribution in [-0.4, -0.2) is 14.3 Å². The van der Waals surface area contributed by atoms with E-state index in [1.165, 1.54) is 24.3 Å². The van der Waals surface area contributed by atoms with Crippen molar-refractivity contribution in [3.63, 3.8) is 0 Å². The maximum atomic E-state index is 13.9. The Labute approximate surface area is 170 Å². The molecular weight excluding hydrogens is 447 g/mol. The lowest BCUT2D eigenvalue weighted by molar-refractivity contribution is 0.0947. The fraction of sp³-hybridized carbons (Fsp3) is 0.0500. The van der Waals surface area contributed by atoms with E-state index in [0.717, 1.165) is 0 Å². The second-order valence-electron chi connectivity index (χ2n) is 5.88. The molecule has 1 amide bonds. The third-order valence-electron chi connectivity index (χ3n) is 3.93. The summed E-state index contributed by atoms with van der Waals surface area (Å²) in [6.07, 6.45) is 0. The van der Waals surface area contributed by atoms with E-state index in [-0.39, 0.29) is 17.0 Å². The molecule has 144 valence electrons. The van der Waals surface area contributed by atoms with Crippen molar-refractivity contribution < 1.29 is 17.6 Å². The van der Waals surface area contributed by atoms with Crippen LogP contribution >= 0.6 is 15.9 Å². The Balaban J connectivity index is 1.76. The Morgan fingerprint density at radius 1 is 0.964 bits per heavy atom. The molecule has 0 aliphatic carbocycles. The van der Waals surface area contributed by atoms with E-state index in [1.807, 2.05) is 0 Å². The lowest BCUT2D eigenvalue weighted by Gasteiger charge is -2.13. The van der Waals surface area contributed by atoms with Crippen molar-refractivity contribution in [1.82, 2.24) is 5.32 Å². The maximum Gasteiger partial charge on any atom is 0.261 e. The summed E-state index contributed by atoms with van der Waals surface area (Å²) < 4.78 is 42.1. The highest BCUT2D eigenvalue weighted by Crippen LogP contribution is 2.20. The molecule has 2 N–H and O–H groups in total. The van der Waals surface area contributed by atoms with Crippen LogP contribution in [0.25, 0.3) is 0 Å². The molecule has 0 atom stereocenters. The van der Waals surface area contributed by atoms with Crippen molar-refractivity contribution in [3.8, 4) is 0 Å². The number of carbonyl (C=O) groups is 1. The molecule has 8 heteroatoms. The number of amides is 1. The standard InChI is InChI=1S/C20H16BrFN2O3S/c21-15-10-11-17(18(22)12-15)20(25)23-13-14-6-4-5-9-19(14)24-28(26,27)16-7-2-1-3-8-16/h1-12,24H,13H2,(H,23,25).